The zero-order valence-corrected chi connectivity index (χ0v) is 15.2. The van der Waals surface area contributed by atoms with Crippen LogP contribution in [-0.2, 0) is 0 Å². The average Bonchev–Trinajstić information content (AvgIpc) is 3.09. The molecule has 0 unspecified atom stereocenters. The highest BCUT2D eigenvalue weighted by molar-refractivity contribution is 7.27. The highest BCUT2D eigenvalue weighted by atomic mass is 35.5. The lowest BCUT2D eigenvalue weighted by Crippen LogP contribution is -1.84. The van der Waals surface area contributed by atoms with Crippen LogP contribution in [0.1, 0.15) is 0 Å². The second kappa shape index (κ2) is 5.16. The first-order chi connectivity index (χ1) is 12.8. The Labute approximate surface area is 158 Å². The molecule has 122 valence electrons. The second-order valence-corrected chi connectivity index (χ2v) is 7.93. The zero-order valence-electron chi connectivity index (χ0n) is 13.7. The van der Waals surface area contributed by atoms with Gasteiger partial charge in [0.1, 0.15) is 5.15 Å². The van der Waals surface area contributed by atoms with E-state index in [0.717, 1.165) is 15.6 Å². The van der Waals surface area contributed by atoms with E-state index in [1.54, 1.807) is 11.3 Å². The Balaban J connectivity index is 1.92. The fourth-order valence-corrected chi connectivity index (χ4v) is 5.49. The largest absolute Gasteiger partial charge is 0.234 e. The zero-order chi connectivity index (χ0) is 17.3. The fourth-order valence-electron chi connectivity index (χ4n) is 3.96. The molecule has 0 saturated carbocycles. The third-order valence-electron chi connectivity index (χ3n) is 5.15. The second-order valence-electron chi connectivity index (χ2n) is 6.56. The molecule has 0 aliphatic carbocycles. The lowest BCUT2D eigenvalue weighted by Gasteiger charge is -2.06. The van der Waals surface area contributed by atoms with Gasteiger partial charge in [-0.3, -0.25) is 0 Å². The molecule has 0 aliphatic rings. The lowest BCUT2D eigenvalue weighted by atomic mass is 10.0. The fraction of sp³-hybridized carbons (Fsp3) is 0. The minimum absolute atomic E-state index is 0.592. The molecule has 1 nitrogen and oxygen atoms in total. The van der Waals surface area contributed by atoms with E-state index >= 15 is 0 Å². The van der Waals surface area contributed by atoms with E-state index in [1.165, 1.54) is 37.0 Å². The number of halogens is 1. The van der Waals surface area contributed by atoms with Crippen LogP contribution in [0.4, 0.5) is 0 Å². The summed E-state index contributed by atoms with van der Waals surface area (Å²) in [6.07, 6.45) is 0. The van der Waals surface area contributed by atoms with Crippen LogP contribution < -0.4 is 0 Å². The minimum Gasteiger partial charge on any atom is -0.234 e. The summed E-state index contributed by atoms with van der Waals surface area (Å²) in [5.74, 6) is 0. The van der Waals surface area contributed by atoms with Crippen LogP contribution in [0.25, 0.3) is 52.6 Å². The maximum Gasteiger partial charge on any atom is 0.147 e. The van der Waals surface area contributed by atoms with Crippen LogP contribution in [0.2, 0.25) is 5.15 Å². The molecule has 26 heavy (non-hydrogen) atoms. The molecule has 0 N–H and O–H groups in total. The first kappa shape index (κ1) is 14.5. The maximum atomic E-state index is 6.66. The van der Waals surface area contributed by atoms with Crippen LogP contribution in [0.3, 0.4) is 0 Å². The molecule has 0 amide bonds. The number of rotatable bonds is 0. The van der Waals surface area contributed by atoms with Crippen LogP contribution in [0.5, 0.6) is 0 Å². The summed E-state index contributed by atoms with van der Waals surface area (Å²) in [4.78, 5) is 4.78. The van der Waals surface area contributed by atoms with Crippen LogP contribution in [0, 0.1) is 0 Å². The number of hydrogen-bond acceptors (Lipinski definition) is 2. The van der Waals surface area contributed by atoms with Crippen molar-refractivity contribution in [2.45, 2.75) is 0 Å². The summed E-state index contributed by atoms with van der Waals surface area (Å²) in [6, 6.07) is 25.7. The normalized spacial score (nSPS) is 12.0. The molecular formula is C23H12ClNS. The van der Waals surface area contributed by atoms with Gasteiger partial charge in [-0.15, -0.1) is 11.3 Å². The van der Waals surface area contributed by atoms with Gasteiger partial charge in [0, 0.05) is 26.2 Å². The summed E-state index contributed by atoms with van der Waals surface area (Å²) < 4.78 is 2.35. The van der Waals surface area contributed by atoms with Gasteiger partial charge in [0.05, 0.1) is 10.2 Å². The van der Waals surface area contributed by atoms with Crippen molar-refractivity contribution >= 4 is 75.6 Å². The van der Waals surface area contributed by atoms with Gasteiger partial charge in [-0.25, -0.2) is 4.98 Å². The van der Waals surface area contributed by atoms with Gasteiger partial charge in [-0.1, -0.05) is 84.4 Å². The predicted molar refractivity (Wildman–Crippen MR) is 115 cm³/mol. The van der Waals surface area contributed by atoms with Gasteiger partial charge in [0.2, 0.25) is 0 Å². The Morgan fingerprint density at radius 1 is 0.615 bits per heavy atom. The van der Waals surface area contributed by atoms with E-state index in [9.17, 15) is 0 Å². The van der Waals surface area contributed by atoms with Crippen molar-refractivity contribution in [2.24, 2.45) is 0 Å². The molecule has 3 heteroatoms. The number of pyridine rings is 1. The van der Waals surface area contributed by atoms with Gasteiger partial charge in [0.15, 0.2) is 0 Å². The minimum atomic E-state index is 0.592. The first-order valence-electron chi connectivity index (χ1n) is 8.52. The number of nitrogens with zero attached hydrogens (tertiary/aromatic N) is 1. The molecule has 0 radical (unpaired) electrons. The van der Waals surface area contributed by atoms with Crippen molar-refractivity contribution in [3.63, 3.8) is 0 Å². The van der Waals surface area contributed by atoms with Gasteiger partial charge in [-0.05, 0) is 16.2 Å². The van der Waals surface area contributed by atoms with Crippen molar-refractivity contribution < 1.29 is 0 Å². The van der Waals surface area contributed by atoms with Crippen LogP contribution in [-0.4, -0.2) is 4.98 Å². The van der Waals surface area contributed by atoms with E-state index < -0.39 is 0 Å². The average molecular weight is 370 g/mol. The molecule has 0 atom stereocenters. The Morgan fingerprint density at radius 3 is 2.08 bits per heavy atom. The quantitative estimate of drug-likeness (QED) is 0.199. The third-order valence-corrected chi connectivity index (χ3v) is 6.78. The smallest absolute Gasteiger partial charge is 0.147 e. The molecule has 2 heterocycles. The highest BCUT2D eigenvalue weighted by Gasteiger charge is 2.16. The molecule has 6 aromatic rings. The Kier molecular flexibility index (Phi) is 2.88. The molecule has 2 aromatic heterocycles. The standard InChI is InChI=1S/C23H12ClNS/c24-23-22-19(17-11-9-13-5-1-3-7-15(13)20(17)25-23)18-12-10-14-6-2-4-8-16(14)21(18)26-22/h1-12H. The predicted octanol–water partition coefficient (Wildman–Crippen LogP) is 7.56. The number of aromatic nitrogens is 1. The van der Waals surface area contributed by atoms with Crippen LogP contribution in [0.15, 0.2) is 72.8 Å². The number of benzene rings is 4. The van der Waals surface area contributed by atoms with Crippen molar-refractivity contribution in [1.29, 1.82) is 0 Å². The topological polar surface area (TPSA) is 12.9 Å². The number of thiophene rings is 1. The molecule has 0 bridgehead atoms. The molecule has 0 aliphatic heterocycles. The molecular weight excluding hydrogens is 358 g/mol. The number of hydrogen-bond donors (Lipinski definition) is 0. The van der Waals surface area contributed by atoms with Crippen molar-refractivity contribution in [3.05, 3.63) is 77.9 Å². The van der Waals surface area contributed by atoms with Gasteiger partial charge < -0.3 is 0 Å². The van der Waals surface area contributed by atoms with Gasteiger partial charge >= 0.3 is 0 Å². The monoisotopic (exact) mass is 369 g/mol. The van der Waals surface area contributed by atoms with E-state index in [-0.39, 0.29) is 0 Å². The molecule has 0 fully saturated rings. The summed E-state index contributed by atoms with van der Waals surface area (Å²) in [7, 11) is 0. The Bertz CT molecular complexity index is 1500. The van der Waals surface area contributed by atoms with E-state index in [1.807, 2.05) is 0 Å². The van der Waals surface area contributed by atoms with E-state index in [0.29, 0.717) is 5.15 Å². The van der Waals surface area contributed by atoms with Crippen LogP contribution >= 0.6 is 22.9 Å². The summed E-state index contributed by atoms with van der Waals surface area (Å²) in [6.45, 7) is 0. The molecule has 4 aromatic carbocycles. The van der Waals surface area contributed by atoms with Crippen molar-refractivity contribution in [2.75, 3.05) is 0 Å². The molecule has 0 spiro atoms. The Hall–Kier alpha value is -2.68. The summed E-state index contributed by atoms with van der Waals surface area (Å²) in [5, 5.41) is 9.10. The first-order valence-corrected chi connectivity index (χ1v) is 9.71. The van der Waals surface area contributed by atoms with Gasteiger partial charge in [0.25, 0.3) is 0 Å². The summed E-state index contributed by atoms with van der Waals surface area (Å²) in [5.41, 5.74) is 0.980. The van der Waals surface area contributed by atoms with Crippen molar-refractivity contribution in [1.82, 2.24) is 4.98 Å². The van der Waals surface area contributed by atoms with E-state index in [2.05, 4.69) is 72.8 Å². The molecule has 0 saturated heterocycles. The Morgan fingerprint density at radius 2 is 1.27 bits per heavy atom. The number of fused-ring (bicyclic) bond motifs is 9. The SMILES string of the molecule is Clc1nc2c3ccccc3ccc2c2c1sc1c3ccccc3ccc12. The van der Waals surface area contributed by atoms with E-state index in [4.69, 9.17) is 16.6 Å². The molecule has 6 rings (SSSR count). The highest BCUT2D eigenvalue weighted by Crippen LogP contribution is 2.44. The third kappa shape index (κ3) is 1.83. The van der Waals surface area contributed by atoms with Gasteiger partial charge in [-0.2, -0.15) is 0 Å². The van der Waals surface area contributed by atoms with Crippen molar-refractivity contribution in [3.8, 4) is 0 Å². The summed E-state index contributed by atoms with van der Waals surface area (Å²) >= 11 is 8.40. The lowest BCUT2D eigenvalue weighted by molar-refractivity contribution is 1.47. The maximum absolute atomic E-state index is 6.66.